The van der Waals surface area contributed by atoms with Crippen molar-refractivity contribution in [2.24, 2.45) is 5.92 Å². The van der Waals surface area contributed by atoms with E-state index < -0.39 is 28.0 Å². The highest BCUT2D eigenvalue weighted by molar-refractivity contribution is 7.89. The molecule has 1 aromatic heterocycles. The van der Waals surface area contributed by atoms with E-state index in [2.05, 4.69) is 14.9 Å². The Kier molecular flexibility index (Phi) is 5.81. The fourth-order valence-electron chi connectivity index (χ4n) is 2.64. The fourth-order valence-corrected chi connectivity index (χ4v) is 3.98. The summed E-state index contributed by atoms with van der Waals surface area (Å²) < 4.78 is 32.5. The molecule has 29 heavy (non-hydrogen) atoms. The number of sulfonamides is 1. The third-order valence-electron chi connectivity index (χ3n) is 4.36. The monoisotopic (exact) mass is 415 g/mol. The van der Waals surface area contributed by atoms with Crippen LogP contribution in [0.25, 0.3) is 22.8 Å². The number of carbonyl (C=O) groups is 1. The molecule has 0 saturated carbocycles. The summed E-state index contributed by atoms with van der Waals surface area (Å²) in [6.07, 6.45) is 0. The lowest BCUT2D eigenvalue weighted by atomic mass is 10.1. The molecule has 0 amide bonds. The van der Waals surface area contributed by atoms with Gasteiger partial charge >= 0.3 is 5.97 Å². The van der Waals surface area contributed by atoms with Gasteiger partial charge in [0.2, 0.25) is 15.8 Å². The number of rotatable bonds is 7. The number of aryl methyl sites for hydroxylation is 1. The molecular weight excluding hydrogens is 394 g/mol. The predicted molar refractivity (Wildman–Crippen MR) is 106 cm³/mol. The highest BCUT2D eigenvalue weighted by Gasteiger charge is 2.28. The fraction of sp³-hybridized carbons (Fsp3) is 0.250. The lowest BCUT2D eigenvalue weighted by Crippen LogP contribution is -2.44. The molecule has 0 fully saturated rings. The molecule has 9 heteroatoms. The number of hydrogen-bond acceptors (Lipinski definition) is 6. The first-order valence-electron chi connectivity index (χ1n) is 8.93. The van der Waals surface area contributed by atoms with Gasteiger partial charge in [-0.3, -0.25) is 4.79 Å². The normalized spacial score (nSPS) is 12.8. The predicted octanol–water partition coefficient (Wildman–Crippen LogP) is 3.10. The van der Waals surface area contributed by atoms with Gasteiger partial charge in [-0.25, -0.2) is 8.42 Å². The molecule has 1 unspecified atom stereocenters. The van der Waals surface area contributed by atoms with Gasteiger partial charge in [0.15, 0.2) is 0 Å². The largest absolute Gasteiger partial charge is 0.480 e. The molecule has 1 atom stereocenters. The molecule has 3 rings (SSSR count). The van der Waals surface area contributed by atoms with Crippen LogP contribution in [-0.4, -0.2) is 35.7 Å². The average Bonchev–Trinajstić information content (AvgIpc) is 3.16. The Labute approximate surface area is 168 Å². The Hall–Kier alpha value is -3.04. The van der Waals surface area contributed by atoms with E-state index in [9.17, 15) is 18.3 Å². The SMILES string of the molecule is Cc1ccc(-c2noc(-c3ccc(S(=O)(=O)NC(C(=O)O)C(C)C)cc3)n2)cc1. The minimum absolute atomic E-state index is 0.0496. The summed E-state index contributed by atoms with van der Waals surface area (Å²) in [6.45, 7) is 5.24. The Morgan fingerprint density at radius 3 is 2.17 bits per heavy atom. The van der Waals surface area contributed by atoms with E-state index >= 15 is 0 Å². The van der Waals surface area contributed by atoms with E-state index in [1.807, 2.05) is 31.2 Å². The molecular formula is C20H21N3O5S. The van der Waals surface area contributed by atoms with Crippen molar-refractivity contribution in [3.63, 3.8) is 0 Å². The molecule has 0 spiro atoms. The van der Waals surface area contributed by atoms with Crippen LogP contribution in [0.3, 0.4) is 0 Å². The van der Waals surface area contributed by atoms with Crippen LogP contribution in [0.1, 0.15) is 19.4 Å². The van der Waals surface area contributed by atoms with Crippen molar-refractivity contribution in [2.45, 2.75) is 31.7 Å². The zero-order valence-corrected chi connectivity index (χ0v) is 17.0. The first-order valence-corrected chi connectivity index (χ1v) is 10.4. The molecule has 3 aromatic rings. The van der Waals surface area contributed by atoms with Crippen molar-refractivity contribution in [1.29, 1.82) is 0 Å². The van der Waals surface area contributed by atoms with Crippen LogP contribution in [0.15, 0.2) is 57.9 Å². The molecule has 0 radical (unpaired) electrons. The van der Waals surface area contributed by atoms with Gasteiger partial charge < -0.3 is 9.63 Å². The van der Waals surface area contributed by atoms with Crippen LogP contribution >= 0.6 is 0 Å². The smallest absolute Gasteiger partial charge is 0.322 e. The number of nitrogens with zero attached hydrogens (tertiary/aromatic N) is 2. The standard InChI is InChI=1S/C20H21N3O5S/c1-12(2)17(20(24)25)23-29(26,27)16-10-8-15(9-11-16)19-21-18(22-28-19)14-6-4-13(3)5-7-14/h4-12,17,23H,1-3H3,(H,24,25). The van der Waals surface area contributed by atoms with E-state index in [-0.39, 0.29) is 10.8 Å². The lowest BCUT2D eigenvalue weighted by Gasteiger charge is -2.17. The molecule has 0 bridgehead atoms. The Morgan fingerprint density at radius 1 is 1.03 bits per heavy atom. The Morgan fingerprint density at radius 2 is 1.62 bits per heavy atom. The maximum absolute atomic E-state index is 12.5. The minimum Gasteiger partial charge on any atom is -0.480 e. The minimum atomic E-state index is -3.99. The van der Waals surface area contributed by atoms with Crippen molar-refractivity contribution in [2.75, 3.05) is 0 Å². The quantitative estimate of drug-likeness (QED) is 0.608. The average molecular weight is 415 g/mol. The number of carboxylic acids is 1. The van der Waals surface area contributed by atoms with Crippen LogP contribution in [0.4, 0.5) is 0 Å². The van der Waals surface area contributed by atoms with E-state index in [1.165, 1.54) is 24.3 Å². The van der Waals surface area contributed by atoms with E-state index in [1.54, 1.807) is 13.8 Å². The first-order chi connectivity index (χ1) is 13.7. The highest BCUT2D eigenvalue weighted by atomic mass is 32.2. The molecule has 152 valence electrons. The summed E-state index contributed by atoms with van der Waals surface area (Å²) in [5.41, 5.74) is 2.47. The molecule has 2 aromatic carbocycles. The van der Waals surface area contributed by atoms with Crippen molar-refractivity contribution in [3.05, 3.63) is 54.1 Å². The van der Waals surface area contributed by atoms with Crippen LogP contribution in [0.2, 0.25) is 0 Å². The number of aliphatic carboxylic acids is 1. The maximum atomic E-state index is 12.5. The highest BCUT2D eigenvalue weighted by Crippen LogP contribution is 2.24. The summed E-state index contributed by atoms with van der Waals surface area (Å²) >= 11 is 0. The second-order valence-electron chi connectivity index (χ2n) is 6.99. The molecule has 0 aliphatic heterocycles. The number of aromatic nitrogens is 2. The van der Waals surface area contributed by atoms with Gasteiger partial charge in [-0.2, -0.15) is 9.71 Å². The van der Waals surface area contributed by atoms with Gasteiger partial charge in [0.05, 0.1) is 4.90 Å². The van der Waals surface area contributed by atoms with Crippen molar-refractivity contribution in [3.8, 4) is 22.8 Å². The van der Waals surface area contributed by atoms with Crippen LogP contribution in [0.5, 0.6) is 0 Å². The second kappa shape index (κ2) is 8.14. The van der Waals surface area contributed by atoms with Crippen LogP contribution in [-0.2, 0) is 14.8 Å². The van der Waals surface area contributed by atoms with Crippen LogP contribution < -0.4 is 4.72 Å². The van der Waals surface area contributed by atoms with Gasteiger partial charge in [0.1, 0.15) is 6.04 Å². The zero-order chi connectivity index (χ0) is 21.2. The Bertz CT molecular complexity index is 1100. The molecule has 8 nitrogen and oxygen atoms in total. The lowest BCUT2D eigenvalue weighted by molar-refractivity contribution is -0.140. The number of nitrogens with one attached hydrogen (secondary N) is 1. The topological polar surface area (TPSA) is 122 Å². The van der Waals surface area contributed by atoms with Crippen molar-refractivity contribution in [1.82, 2.24) is 14.9 Å². The summed E-state index contributed by atoms with van der Waals surface area (Å²) in [4.78, 5) is 15.6. The summed E-state index contributed by atoms with van der Waals surface area (Å²) in [7, 11) is -3.99. The van der Waals surface area contributed by atoms with E-state index in [4.69, 9.17) is 4.52 Å². The number of benzene rings is 2. The third kappa shape index (κ3) is 4.69. The van der Waals surface area contributed by atoms with Gasteiger partial charge in [-0.1, -0.05) is 48.8 Å². The maximum Gasteiger partial charge on any atom is 0.322 e. The van der Waals surface area contributed by atoms with Gasteiger partial charge in [-0.05, 0) is 37.1 Å². The molecule has 2 N–H and O–H groups in total. The number of hydrogen-bond donors (Lipinski definition) is 2. The Balaban J connectivity index is 1.81. The summed E-state index contributed by atoms with van der Waals surface area (Å²) in [6, 6.07) is 12.3. The summed E-state index contributed by atoms with van der Waals surface area (Å²) in [5.74, 6) is -0.947. The zero-order valence-electron chi connectivity index (χ0n) is 16.2. The van der Waals surface area contributed by atoms with Crippen molar-refractivity contribution < 1.29 is 22.8 Å². The molecule has 1 heterocycles. The second-order valence-corrected chi connectivity index (χ2v) is 8.71. The third-order valence-corrected chi connectivity index (χ3v) is 5.82. The summed E-state index contributed by atoms with van der Waals surface area (Å²) in [5, 5.41) is 13.2. The van der Waals surface area contributed by atoms with Gasteiger partial charge in [0.25, 0.3) is 5.89 Å². The number of carboxylic acid groups (broad SMARTS) is 1. The molecule has 0 aliphatic carbocycles. The molecule has 0 saturated heterocycles. The molecule has 0 aliphatic rings. The van der Waals surface area contributed by atoms with Gasteiger partial charge in [-0.15, -0.1) is 0 Å². The van der Waals surface area contributed by atoms with Gasteiger partial charge in [0, 0.05) is 11.1 Å². The van der Waals surface area contributed by atoms with E-state index in [0.717, 1.165) is 11.1 Å². The van der Waals surface area contributed by atoms with Crippen LogP contribution in [0, 0.1) is 12.8 Å². The first kappa shape index (κ1) is 20.7. The van der Waals surface area contributed by atoms with E-state index in [0.29, 0.717) is 11.4 Å². The van der Waals surface area contributed by atoms with Crippen molar-refractivity contribution >= 4 is 16.0 Å².